The maximum absolute atomic E-state index is 13.2. The Morgan fingerprint density at radius 3 is 2.67 bits per heavy atom. The molecule has 3 fully saturated rings. The van der Waals surface area contributed by atoms with Crippen LogP contribution in [0.5, 0.6) is 5.88 Å². The molecule has 40 heavy (non-hydrogen) atoms. The summed E-state index contributed by atoms with van der Waals surface area (Å²) in [5.41, 5.74) is 2.59. The lowest BCUT2D eigenvalue weighted by Gasteiger charge is -2.37. The standard InChI is InChI=1S/C30H40N4O6/c1-18(22-13-19(36-3)14-34(22)2)39-28-21-15-38-17-29(11-12-37-16-29)25(21)31-27(32-28)24-20-7-6-10-30(26(20)40-33-24)9-5-4-8-23(30)35/h18-19,22H,4-17H2,1-3H3/t18-,19+,22-,29+,30+/m0/s1. The van der Waals surface area contributed by atoms with E-state index in [0.717, 1.165) is 80.5 Å². The van der Waals surface area contributed by atoms with Gasteiger partial charge in [0.25, 0.3) is 0 Å². The van der Waals surface area contributed by atoms with Crippen molar-refractivity contribution in [3.05, 3.63) is 22.6 Å². The molecule has 0 radical (unpaired) electrons. The summed E-state index contributed by atoms with van der Waals surface area (Å²) in [7, 11) is 3.88. The number of Topliss-reactive ketones (excluding diaryl/α,β-unsaturated/α-hetero) is 1. The zero-order valence-electron chi connectivity index (χ0n) is 23.9. The van der Waals surface area contributed by atoms with Gasteiger partial charge in [0, 0.05) is 38.3 Å². The molecule has 2 aliphatic carbocycles. The predicted molar refractivity (Wildman–Crippen MR) is 144 cm³/mol. The zero-order chi connectivity index (χ0) is 27.5. The van der Waals surface area contributed by atoms with Crippen molar-refractivity contribution in [2.24, 2.45) is 0 Å². The van der Waals surface area contributed by atoms with Gasteiger partial charge < -0.3 is 23.5 Å². The first kappa shape index (κ1) is 26.5. The first-order valence-electron chi connectivity index (χ1n) is 14.9. The summed E-state index contributed by atoms with van der Waals surface area (Å²) in [5.74, 6) is 2.09. The number of likely N-dealkylation sites (N-methyl/N-ethyl adjacent to an activating group) is 1. The third-order valence-electron chi connectivity index (χ3n) is 10.2. The van der Waals surface area contributed by atoms with Gasteiger partial charge in [-0.3, -0.25) is 9.69 Å². The summed E-state index contributed by atoms with van der Waals surface area (Å²) in [5, 5.41) is 4.55. The molecule has 2 aromatic rings. The number of hydrogen-bond acceptors (Lipinski definition) is 10. The second-order valence-corrected chi connectivity index (χ2v) is 12.6. The molecule has 10 nitrogen and oxygen atoms in total. The lowest BCUT2D eigenvalue weighted by Crippen LogP contribution is -2.41. The van der Waals surface area contributed by atoms with E-state index in [0.29, 0.717) is 56.0 Å². The number of ketones is 1. The average Bonchev–Trinajstić information content (AvgIpc) is 3.70. The lowest BCUT2D eigenvalue weighted by atomic mass is 9.64. The van der Waals surface area contributed by atoms with Crippen molar-refractivity contribution in [3.63, 3.8) is 0 Å². The van der Waals surface area contributed by atoms with Gasteiger partial charge in [-0.2, -0.15) is 4.98 Å². The van der Waals surface area contributed by atoms with Crippen molar-refractivity contribution < 1.29 is 28.3 Å². The number of ether oxygens (including phenoxy) is 4. The number of likely N-dealkylation sites (tertiary alicyclic amines) is 1. The monoisotopic (exact) mass is 552 g/mol. The average molecular weight is 553 g/mol. The zero-order valence-corrected chi connectivity index (χ0v) is 23.9. The van der Waals surface area contributed by atoms with Crippen LogP contribution in [0.25, 0.3) is 11.5 Å². The van der Waals surface area contributed by atoms with Crippen molar-refractivity contribution in [3.8, 4) is 17.4 Å². The summed E-state index contributed by atoms with van der Waals surface area (Å²) in [6, 6.07) is 0.198. The van der Waals surface area contributed by atoms with Crippen LogP contribution in [0.15, 0.2) is 4.52 Å². The molecule has 10 heteroatoms. The largest absolute Gasteiger partial charge is 0.473 e. The van der Waals surface area contributed by atoms with Gasteiger partial charge in [0.05, 0.1) is 48.0 Å². The van der Waals surface area contributed by atoms with Gasteiger partial charge in [0.15, 0.2) is 17.3 Å². The van der Waals surface area contributed by atoms with Crippen LogP contribution < -0.4 is 4.74 Å². The molecule has 0 bridgehead atoms. The van der Waals surface area contributed by atoms with Crippen molar-refractivity contribution in [2.75, 3.05) is 40.5 Å². The van der Waals surface area contributed by atoms with Gasteiger partial charge in [-0.1, -0.05) is 11.6 Å². The van der Waals surface area contributed by atoms with E-state index in [1.54, 1.807) is 7.11 Å². The molecule has 0 N–H and O–H groups in total. The highest BCUT2D eigenvalue weighted by Gasteiger charge is 2.49. The van der Waals surface area contributed by atoms with Crippen LogP contribution >= 0.6 is 0 Å². The van der Waals surface area contributed by atoms with Crippen LogP contribution in [0.1, 0.15) is 80.9 Å². The SMILES string of the molecule is CO[C@@H]1C[C@@H]([C@H](C)Oc2nc(-c3noc4c3CCC[C@@]43CCCCC3=O)nc3c2COC[C@]32CCOC2)N(C)C1. The Hall–Kier alpha value is -2.40. The first-order chi connectivity index (χ1) is 19.4. The van der Waals surface area contributed by atoms with E-state index in [-0.39, 0.29) is 23.7 Å². The Bertz CT molecular complexity index is 1290. The van der Waals surface area contributed by atoms with Crippen LogP contribution in [0.3, 0.4) is 0 Å². The minimum absolute atomic E-state index is 0.121. The van der Waals surface area contributed by atoms with E-state index in [2.05, 4.69) is 24.0 Å². The van der Waals surface area contributed by atoms with E-state index < -0.39 is 5.41 Å². The van der Waals surface area contributed by atoms with Crippen molar-refractivity contribution >= 4 is 5.78 Å². The third kappa shape index (κ3) is 4.13. The lowest BCUT2D eigenvalue weighted by molar-refractivity contribution is -0.128. The Balaban J connectivity index is 1.31. The first-order valence-corrected chi connectivity index (χ1v) is 14.9. The van der Waals surface area contributed by atoms with Gasteiger partial charge in [0.2, 0.25) is 5.88 Å². The summed E-state index contributed by atoms with van der Waals surface area (Å²) in [6.07, 6.45) is 7.81. The Labute approximate surface area is 235 Å². The van der Waals surface area contributed by atoms with Crippen LogP contribution in [0.4, 0.5) is 0 Å². The van der Waals surface area contributed by atoms with Crippen LogP contribution in [-0.4, -0.2) is 84.6 Å². The van der Waals surface area contributed by atoms with E-state index in [1.807, 2.05) is 0 Å². The van der Waals surface area contributed by atoms with Gasteiger partial charge in [0.1, 0.15) is 11.9 Å². The van der Waals surface area contributed by atoms with E-state index in [9.17, 15) is 4.79 Å². The van der Waals surface area contributed by atoms with Gasteiger partial charge >= 0.3 is 0 Å². The second kappa shape index (κ2) is 10.2. The summed E-state index contributed by atoms with van der Waals surface area (Å²) >= 11 is 0. The maximum Gasteiger partial charge on any atom is 0.223 e. The fourth-order valence-electron chi connectivity index (χ4n) is 7.88. The predicted octanol–water partition coefficient (Wildman–Crippen LogP) is 3.52. The number of nitrogens with zero attached hydrogens (tertiary/aromatic N) is 4. The molecule has 0 aromatic carbocycles. The topological polar surface area (TPSA) is 109 Å². The number of hydrogen-bond donors (Lipinski definition) is 0. The number of carbonyl (C=O) groups excluding carboxylic acids is 1. The van der Waals surface area contributed by atoms with Crippen molar-refractivity contribution in [2.45, 2.75) is 100 Å². The molecule has 3 aliphatic heterocycles. The van der Waals surface area contributed by atoms with Crippen molar-refractivity contribution in [1.29, 1.82) is 0 Å². The third-order valence-corrected chi connectivity index (χ3v) is 10.2. The van der Waals surface area contributed by atoms with Crippen LogP contribution in [0.2, 0.25) is 0 Å². The molecular weight excluding hydrogens is 512 g/mol. The molecule has 2 spiro atoms. The highest BCUT2D eigenvalue weighted by atomic mass is 16.5. The molecular formula is C30H40N4O6. The second-order valence-electron chi connectivity index (χ2n) is 12.6. The summed E-state index contributed by atoms with van der Waals surface area (Å²) in [4.78, 5) is 25.7. The van der Waals surface area contributed by atoms with Gasteiger partial charge in [-0.05, 0) is 58.9 Å². The molecule has 2 saturated heterocycles. The molecule has 1 saturated carbocycles. The fourth-order valence-corrected chi connectivity index (χ4v) is 7.88. The van der Waals surface area contributed by atoms with E-state index >= 15 is 0 Å². The molecule has 0 amide bonds. The molecule has 216 valence electrons. The Kier molecular flexibility index (Phi) is 6.72. The molecule has 5 atom stereocenters. The number of methoxy groups -OCH3 is 1. The summed E-state index contributed by atoms with van der Waals surface area (Å²) < 4.78 is 30.4. The van der Waals surface area contributed by atoms with Crippen LogP contribution in [-0.2, 0) is 42.9 Å². The highest BCUT2D eigenvalue weighted by Crippen LogP contribution is 2.48. The molecule has 0 unspecified atom stereocenters. The summed E-state index contributed by atoms with van der Waals surface area (Å²) in [6.45, 7) is 5.15. The normalized spacial score (nSPS) is 32.9. The van der Waals surface area contributed by atoms with Gasteiger partial charge in [-0.15, -0.1) is 0 Å². The minimum Gasteiger partial charge on any atom is -0.473 e. The molecule has 2 aromatic heterocycles. The quantitative estimate of drug-likeness (QED) is 0.547. The fraction of sp³-hybridized carbons (Fsp3) is 0.733. The Morgan fingerprint density at radius 2 is 1.90 bits per heavy atom. The number of aromatic nitrogens is 3. The maximum atomic E-state index is 13.2. The van der Waals surface area contributed by atoms with Crippen LogP contribution in [0, 0.1) is 0 Å². The Morgan fingerprint density at radius 1 is 1.05 bits per heavy atom. The molecule has 5 aliphatic rings. The molecule has 7 rings (SSSR count). The number of fused-ring (bicyclic) bond motifs is 4. The number of carbonyl (C=O) groups is 1. The van der Waals surface area contributed by atoms with E-state index in [4.69, 9.17) is 33.4 Å². The smallest absolute Gasteiger partial charge is 0.223 e. The van der Waals surface area contributed by atoms with E-state index in [1.165, 1.54) is 0 Å². The van der Waals surface area contributed by atoms with Crippen molar-refractivity contribution in [1.82, 2.24) is 20.0 Å². The highest BCUT2D eigenvalue weighted by molar-refractivity contribution is 5.91. The molecule has 5 heterocycles. The minimum atomic E-state index is -0.543. The number of rotatable bonds is 5. The van der Waals surface area contributed by atoms with Gasteiger partial charge in [-0.25, -0.2) is 4.98 Å².